The fraction of sp³-hybridized carbons (Fsp3) is 0.400. The first kappa shape index (κ1) is 10.2. The molecule has 0 spiro atoms. The van der Waals surface area contributed by atoms with E-state index in [1.165, 1.54) is 5.57 Å². The van der Waals surface area contributed by atoms with Crippen molar-refractivity contribution < 1.29 is 0 Å². The van der Waals surface area contributed by atoms with Gasteiger partial charge in [-0.15, -0.1) is 0 Å². The summed E-state index contributed by atoms with van der Waals surface area (Å²) in [5.74, 6) is 0.421. The van der Waals surface area contributed by atoms with Crippen LogP contribution in [-0.4, -0.2) is 6.54 Å². The lowest BCUT2D eigenvalue weighted by atomic mass is 10.0. The minimum Gasteiger partial charge on any atom is -0.330 e. The summed E-state index contributed by atoms with van der Waals surface area (Å²) in [4.78, 5) is 0. The third-order valence-corrected chi connectivity index (χ3v) is 1.59. The zero-order valence-corrected chi connectivity index (χ0v) is 7.38. The van der Waals surface area contributed by atoms with Gasteiger partial charge >= 0.3 is 0 Å². The van der Waals surface area contributed by atoms with Crippen LogP contribution in [0.15, 0.2) is 36.5 Å². The molecule has 0 aromatic rings. The molecule has 0 amide bonds. The molecule has 0 aliphatic rings. The molecule has 62 valence electrons. The predicted molar refractivity (Wildman–Crippen MR) is 51.3 cm³/mol. The summed E-state index contributed by atoms with van der Waals surface area (Å²) in [5, 5.41) is 0. The quantitative estimate of drug-likeness (QED) is 0.613. The molecule has 1 atom stereocenters. The highest BCUT2D eigenvalue weighted by Crippen LogP contribution is 2.10. The Bertz CT molecular complexity index is 166. The van der Waals surface area contributed by atoms with Crippen LogP contribution in [0.3, 0.4) is 0 Å². The van der Waals surface area contributed by atoms with E-state index >= 15 is 0 Å². The van der Waals surface area contributed by atoms with Crippen molar-refractivity contribution in [3.8, 4) is 0 Å². The molecule has 0 radical (unpaired) electrons. The van der Waals surface area contributed by atoms with E-state index in [1.54, 1.807) is 6.08 Å². The molecular weight excluding hydrogens is 134 g/mol. The van der Waals surface area contributed by atoms with Crippen LogP contribution in [0.2, 0.25) is 0 Å². The van der Waals surface area contributed by atoms with E-state index < -0.39 is 0 Å². The molecule has 0 heterocycles. The number of nitrogens with two attached hydrogens (primary N) is 1. The number of hydrogen-bond donors (Lipinski definition) is 1. The van der Waals surface area contributed by atoms with Crippen molar-refractivity contribution in [3.63, 3.8) is 0 Å². The van der Waals surface area contributed by atoms with Gasteiger partial charge in [0.2, 0.25) is 0 Å². The van der Waals surface area contributed by atoms with Gasteiger partial charge in [0.15, 0.2) is 0 Å². The highest BCUT2D eigenvalue weighted by molar-refractivity contribution is 5.24. The molecule has 0 saturated carbocycles. The Hall–Kier alpha value is -0.820. The van der Waals surface area contributed by atoms with Crippen molar-refractivity contribution in [2.75, 3.05) is 6.54 Å². The van der Waals surface area contributed by atoms with Crippen LogP contribution in [0.25, 0.3) is 0 Å². The fourth-order valence-corrected chi connectivity index (χ4v) is 0.849. The van der Waals surface area contributed by atoms with Crippen molar-refractivity contribution in [2.24, 2.45) is 11.7 Å². The van der Waals surface area contributed by atoms with Gasteiger partial charge in [-0.3, -0.25) is 0 Å². The van der Waals surface area contributed by atoms with Crippen molar-refractivity contribution in [1.29, 1.82) is 0 Å². The van der Waals surface area contributed by atoms with Gasteiger partial charge in [0.1, 0.15) is 0 Å². The van der Waals surface area contributed by atoms with Gasteiger partial charge in [-0.25, -0.2) is 0 Å². The molecule has 2 N–H and O–H groups in total. The zero-order chi connectivity index (χ0) is 8.69. The maximum Gasteiger partial charge on any atom is -0.00109 e. The monoisotopic (exact) mass is 151 g/mol. The fourth-order valence-electron chi connectivity index (χ4n) is 0.849. The average molecular weight is 151 g/mol. The maximum atomic E-state index is 5.52. The van der Waals surface area contributed by atoms with E-state index in [0.717, 1.165) is 0 Å². The topological polar surface area (TPSA) is 26.0 Å². The molecule has 0 aliphatic heterocycles. The predicted octanol–water partition coefficient (Wildman–Crippen LogP) is 2.27. The van der Waals surface area contributed by atoms with Gasteiger partial charge in [-0.05, 0) is 25.0 Å². The Morgan fingerprint density at radius 1 is 1.64 bits per heavy atom. The molecule has 1 heteroatoms. The summed E-state index contributed by atoms with van der Waals surface area (Å²) in [5.41, 5.74) is 6.77. The van der Waals surface area contributed by atoms with Crippen molar-refractivity contribution in [2.45, 2.75) is 13.8 Å². The van der Waals surface area contributed by atoms with E-state index in [9.17, 15) is 0 Å². The van der Waals surface area contributed by atoms with Crippen molar-refractivity contribution in [3.05, 3.63) is 36.5 Å². The van der Waals surface area contributed by atoms with Crippen LogP contribution in [0.4, 0.5) is 0 Å². The second kappa shape index (κ2) is 5.93. The number of allylic oxidation sites excluding steroid dienone is 4. The Labute approximate surface area is 69.3 Å². The normalized spacial score (nSPS) is 15.4. The third kappa shape index (κ3) is 3.79. The first-order chi connectivity index (χ1) is 5.26. The zero-order valence-electron chi connectivity index (χ0n) is 7.38. The van der Waals surface area contributed by atoms with Crippen LogP contribution in [0.5, 0.6) is 0 Å². The summed E-state index contributed by atoms with van der Waals surface area (Å²) in [7, 11) is 0. The molecule has 0 aromatic heterocycles. The molecule has 1 nitrogen and oxygen atoms in total. The van der Waals surface area contributed by atoms with Gasteiger partial charge in [-0.1, -0.05) is 37.8 Å². The van der Waals surface area contributed by atoms with Crippen LogP contribution < -0.4 is 5.73 Å². The first-order valence-electron chi connectivity index (χ1n) is 3.91. The smallest absolute Gasteiger partial charge is 0.00109 e. The lowest BCUT2D eigenvalue weighted by Gasteiger charge is -2.08. The Kier molecular flexibility index (Phi) is 5.49. The summed E-state index contributed by atoms with van der Waals surface area (Å²) in [6, 6.07) is 0. The third-order valence-electron chi connectivity index (χ3n) is 1.59. The summed E-state index contributed by atoms with van der Waals surface area (Å²) in [6.45, 7) is 8.44. The molecule has 0 fully saturated rings. The summed E-state index contributed by atoms with van der Waals surface area (Å²) >= 11 is 0. The standard InChI is InChI=1S/C10H17N/c1-4-6-10(7-5-2)9(3)8-11/h4-7,9H,1,8,11H2,2-3H3/b7-5-,10-6+. The second-order valence-electron chi connectivity index (χ2n) is 2.54. The van der Waals surface area contributed by atoms with Gasteiger partial charge in [0, 0.05) is 0 Å². The van der Waals surface area contributed by atoms with Gasteiger partial charge in [-0.2, -0.15) is 0 Å². The van der Waals surface area contributed by atoms with Crippen molar-refractivity contribution >= 4 is 0 Å². The molecule has 0 aromatic carbocycles. The number of rotatable bonds is 4. The van der Waals surface area contributed by atoms with Crippen molar-refractivity contribution in [1.82, 2.24) is 0 Å². The Balaban J connectivity index is 4.32. The molecule has 0 saturated heterocycles. The van der Waals surface area contributed by atoms with Crippen LogP contribution >= 0.6 is 0 Å². The molecule has 0 rings (SSSR count). The molecular formula is C10H17N. The molecule has 0 aliphatic carbocycles. The van der Waals surface area contributed by atoms with E-state index in [2.05, 4.69) is 19.6 Å². The number of hydrogen-bond acceptors (Lipinski definition) is 1. The highest BCUT2D eigenvalue weighted by Gasteiger charge is 2.00. The molecule has 11 heavy (non-hydrogen) atoms. The van der Waals surface area contributed by atoms with Gasteiger partial charge in [0.25, 0.3) is 0 Å². The minimum atomic E-state index is 0.421. The summed E-state index contributed by atoms with van der Waals surface area (Å²) in [6.07, 6.45) is 7.87. The van der Waals surface area contributed by atoms with E-state index in [4.69, 9.17) is 5.73 Å². The molecule has 1 unspecified atom stereocenters. The van der Waals surface area contributed by atoms with E-state index in [1.807, 2.05) is 19.1 Å². The SMILES string of the molecule is C=C/C=C(\C=C/C)C(C)CN. The van der Waals surface area contributed by atoms with E-state index in [0.29, 0.717) is 12.5 Å². The Morgan fingerprint density at radius 3 is 2.64 bits per heavy atom. The largest absolute Gasteiger partial charge is 0.330 e. The maximum absolute atomic E-state index is 5.52. The van der Waals surface area contributed by atoms with Crippen LogP contribution in [0, 0.1) is 5.92 Å². The average Bonchev–Trinajstić information content (AvgIpc) is 2.03. The van der Waals surface area contributed by atoms with Gasteiger partial charge in [0.05, 0.1) is 0 Å². The van der Waals surface area contributed by atoms with Gasteiger partial charge < -0.3 is 5.73 Å². The van der Waals surface area contributed by atoms with Crippen LogP contribution in [0.1, 0.15) is 13.8 Å². The summed E-state index contributed by atoms with van der Waals surface area (Å²) < 4.78 is 0. The first-order valence-corrected chi connectivity index (χ1v) is 3.91. The lowest BCUT2D eigenvalue weighted by Crippen LogP contribution is -2.11. The molecule has 0 bridgehead atoms. The lowest BCUT2D eigenvalue weighted by molar-refractivity contribution is 0.710. The highest BCUT2D eigenvalue weighted by atomic mass is 14.5. The minimum absolute atomic E-state index is 0.421. The van der Waals surface area contributed by atoms with E-state index in [-0.39, 0.29) is 0 Å². The second-order valence-corrected chi connectivity index (χ2v) is 2.54. The Morgan fingerprint density at radius 2 is 2.27 bits per heavy atom. The van der Waals surface area contributed by atoms with Crippen LogP contribution in [-0.2, 0) is 0 Å².